The maximum absolute atomic E-state index is 11.1. The summed E-state index contributed by atoms with van der Waals surface area (Å²) in [6, 6.07) is 0. The zero-order chi connectivity index (χ0) is 12.4. The number of hydrogen-bond donors (Lipinski definition) is 2. The third kappa shape index (κ3) is 7.28. The van der Waals surface area contributed by atoms with Crippen molar-refractivity contribution in [2.75, 3.05) is 19.4 Å². The number of ether oxygens (including phenoxy) is 1. The summed E-state index contributed by atoms with van der Waals surface area (Å²) in [5.41, 5.74) is 0. The zero-order valence-electron chi connectivity index (χ0n) is 9.32. The fraction of sp³-hybridized carbons (Fsp3) is 0.700. The van der Waals surface area contributed by atoms with Gasteiger partial charge in [0, 0.05) is 25.1 Å². The zero-order valence-corrected chi connectivity index (χ0v) is 10.2. The Morgan fingerprint density at radius 1 is 1.19 bits per heavy atom. The predicted octanol–water partition coefficient (Wildman–Crippen LogP) is 0.335. The van der Waals surface area contributed by atoms with E-state index in [-0.39, 0.29) is 12.3 Å². The van der Waals surface area contributed by atoms with Crippen molar-refractivity contribution in [1.29, 1.82) is 0 Å². The van der Waals surface area contributed by atoms with Gasteiger partial charge in [0.2, 0.25) is 11.7 Å². The molecular weight excluding hydrogens is 230 g/mol. The summed E-state index contributed by atoms with van der Waals surface area (Å²) in [6.45, 7) is 0.545. The molecule has 0 aliphatic carbocycles. The van der Waals surface area contributed by atoms with Crippen LogP contribution in [0.4, 0.5) is 0 Å². The van der Waals surface area contributed by atoms with Crippen LogP contribution in [0.15, 0.2) is 0 Å². The highest BCUT2D eigenvalue weighted by atomic mass is 32.1. The number of esters is 1. The van der Waals surface area contributed by atoms with E-state index in [9.17, 15) is 14.4 Å². The smallest absolute Gasteiger partial charge is 0.374 e. The van der Waals surface area contributed by atoms with E-state index in [4.69, 9.17) is 0 Å². The molecule has 16 heavy (non-hydrogen) atoms. The second kappa shape index (κ2) is 9.21. The Bertz CT molecular complexity index is 255. The van der Waals surface area contributed by atoms with Crippen LogP contribution in [0.5, 0.6) is 0 Å². The normalized spacial score (nSPS) is 9.62. The molecule has 0 bridgehead atoms. The third-order valence-electron chi connectivity index (χ3n) is 1.90. The summed E-state index contributed by atoms with van der Waals surface area (Å²) in [7, 11) is 1.17. The number of amides is 1. The Kier molecular flexibility index (Phi) is 8.61. The molecule has 0 unspecified atom stereocenters. The van der Waals surface area contributed by atoms with Gasteiger partial charge in [0.15, 0.2) is 0 Å². The number of carbonyl (C=O) groups is 3. The van der Waals surface area contributed by atoms with E-state index >= 15 is 0 Å². The highest BCUT2D eigenvalue weighted by molar-refractivity contribution is 7.80. The van der Waals surface area contributed by atoms with Gasteiger partial charge in [0.1, 0.15) is 0 Å². The Morgan fingerprint density at radius 2 is 1.81 bits per heavy atom. The van der Waals surface area contributed by atoms with Crippen molar-refractivity contribution >= 4 is 30.3 Å². The molecule has 0 saturated heterocycles. The number of hydrogen-bond acceptors (Lipinski definition) is 5. The molecule has 1 amide bonds. The van der Waals surface area contributed by atoms with Crippen LogP contribution in [-0.4, -0.2) is 37.1 Å². The van der Waals surface area contributed by atoms with Gasteiger partial charge in [-0.05, 0) is 12.8 Å². The highest BCUT2D eigenvalue weighted by Crippen LogP contribution is 2.01. The van der Waals surface area contributed by atoms with Crippen molar-refractivity contribution in [3.8, 4) is 0 Å². The molecule has 0 fully saturated rings. The molecular formula is C10H17NO4S. The van der Waals surface area contributed by atoms with Gasteiger partial charge in [0.25, 0.3) is 0 Å². The number of thiol groups is 1. The lowest BCUT2D eigenvalue weighted by atomic mass is 10.1. The van der Waals surface area contributed by atoms with Crippen molar-refractivity contribution in [1.82, 2.24) is 5.32 Å². The van der Waals surface area contributed by atoms with Gasteiger partial charge in [-0.25, -0.2) is 4.79 Å². The summed E-state index contributed by atoms with van der Waals surface area (Å²) in [4.78, 5) is 32.8. The number of ketones is 1. The Balaban J connectivity index is 3.49. The van der Waals surface area contributed by atoms with Crippen molar-refractivity contribution in [2.24, 2.45) is 0 Å². The van der Waals surface area contributed by atoms with E-state index in [2.05, 4.69) is 22.7 Å². The first kappa shape index (κ1) is 15.0. The van der Waals surface area contributed by atoms with Crippen molar-refractivity contribution < 1.29 is 19.1 Å². The number of rotatable bonds is 8. The van der Waals surface area contributed by atoms with E-state index < -0.39 is 11.8 Å². The van der Waals surface area contributed by atoms with Crippen LogP contribution in [0.25, 0.3) is 0 Å². The minimum atomic E-state index is -0.820. The number of nitrogens with one attached hydrogen (secondary N) is 1. The molecule has 0 radical (unpaired) electrons. The number of Topliss-reactive ketones (excluding diaryl/α,β-unsaturated/α-hetero) is 1. The van der Waals surface area contributed by atoms with Crippen LogP contribution in [0.2, 0.25) is 0 Å². The van der Waals surface area contributed by atoms with E-state index in [0.717, 1.165) is 0 Å². The highest BCUT2D eigenvalue weighted by Gasteiger charge is 2.12. The molecule has 0 saturated carbocycles. The van der Waals surface area contributed by atoms with Crippen molar-refractivity contribution in [3.05, 3.63) is 0 Å². The quantitative estimate of drug-likeness (QED) is 0.281. The number of carbonyl (C=O) groups excluding carboxylic acids is 3. The van der Waals surface area contributed by atoms with Crippen LogP contribution < -0.4 is 5.32 Å². The summed E-state index contributed by atoms with van der Waals surface area (Å²) < 4.78 is 4.27. The van der Waals surface area contributed by atoms with Crippen LogP contribution in [0, 0.1) is 0 Å². The molecule has 0 rings (SSSR count). The first-order valence-electron chi connectivity index (χ1n) is 5.10. The standard InChI is InChI=1S/C10H17NO4S/c1-15-10(14)8(12)4-2-3-5-9(13)11-6-7-16/h16H,2-7H2,1H3,(H,11,13). The summed E-state index contributed by atoms with van der Waals surface area (Å²) in [5.74, 6) is -0.815. The first-order chi connectivity index (χ1) is 7.61. The van der Waals surface area contributed by atoms with Gasteiger partial charge < -0.3 is 10.1 Å². The second-order valence-corrected chi connectivity index (χ2v) is 3.64. The summed E-state index contributed by atoms with van der Waals surface area (Å²) >= 11 is 3.95. The molecule has 0 aliphatic heterocycles. The molecule has 1 N–H and O–H groups in total. The van der Waals surface area contributed by atoms with E-state index in [1.807, 2.05) is 0 Å². The maximum Gasteiger partial charge on any atom is 0.374 e. The SMILES string of the molecule is COC(=O)C(=O)CCCCC(=O)NCCS. The largest absolute Gasteiger partial charge is 0.463 e. The molecule has 0 aliphatic rings. The summed E-state index contributed by atoms with van der Waals surface area (Å²) in [5, 5.41) is 2.66. The van der Waals surface area contributed by atoms with E-state index in [1.165, 1.54) is 7.11 Å². The first-order valence-corrected chi connectivity index (χ1v) is 5.73. The molecule has 0 aromatic rings. The summed E-state index contributed by atoms with van der Waals surface area (Å²) in [6.07, 6.45) is 1.60. The van der Waals surface area contributed by atoms with Crippen LogP contribution >= 0.6 is 12.6 Å². The Morgan fingerprint density at radius 3 is 2.38 bits per heavy atom. The maximum atomic E-state index is 11.1. The van der Waals surface area contributed by atoms with Crippen molar-refractivity contribution in [3.63, 3.8) is 0 Å². The van der Waals surface area contributed by atoms with Crippen LogP contribution in [-0.2, 0) is 19.1 Å². The Hall–Kier alpha value is -1.04. The van der Waals surface area contributed by atoms with Crippen LogP contribution in [0.1, 0.15) is 25.7 Å². The van der Waals surface area contributed by atoms with Crippen LogP contribution in [0.3, 0.4) is 0 Å². The number of unbranched alkanes of at least 4 members (excludes halogenated alkanes) is 1. The predicted molar refractivity (Wildman–Crippen MR) is 62.4 cm³/mol. The molecule has 6 heteroatoms. The molecule has 0 atom stereocenters. The lowest BCUT2D eigenvalue weighted by Gasteiger charge is -2.02. The molecule has 0 spiro atoms. The minimum absolute atomic E-state index is 0.0560. The third-order valence-corrected chi connectivity index (χ3v) is 2.13. The average molecular weight is 247 g/mol. The van der Waals surface area contributed by atoms with Gasteiger partial charge in [0.05, 0.1) is 7.11 Å². The topological polar surface area (TPSA) is 72.5 Å². The molecule has 0 heterocycles. The molecule has 0 aromatic heterocycles. The van der Waals surface area contributed by atoms with E-state index in [1.54, 1.807) is 0 Å². The second-order valence-electron chi connectivity index (χ2n) is 3.20. The lowest BCUT2D eigenvalue weighted by Crippen LogP contribution is -2.24. The molecule has 0 aromatic carbocycles. The fourth-order valence-corrected chi connectivity index (χ4v) is 1.18. The number of methoxy groups -OCH3 is 1. The minimum Gasteiger partial charge on any atom is -0.463 e. The van der Waals surface area contributed by atoms with Gasteiger partial charge in [-0.3, -0.25) is 9.59 Å². The monoisotopic (exact) mass is 247 g/mol. The van der Waals surface area contributed by atoms with Gasteiger partial charge in [-0.15, -0.1) is 0 Å². The van der Waals surface area contributed by atoms with Gasteiger partial charge in [-0.1, -0.05) is 0 Å². The van der Waals surface area contributed by atoms with Crippen molar-refractivity contribution in [2.45, 2.75) is 25.7 Å². The molecule has 92 valence electrons. The lowest BCUT2D eigenvalue weighted by molar-refractivity contribution is -0.151. The average Bonchev–Trinajstić information content (AvgIpc) is 2.30. The Labute approximate surface area is 100 Å². The fourth-order valence-electron chi connectivity index (χ4n) is 1.07. The van der Waals surface area contributed by atoms with E-state index in [0.29, 0.717) is 31.6 Å². The van der Waals surface area contributed by atoms with Gasteiger partial charge >= 0.3 is 5.97 Å². The molecule has 5 nitrogen and oxygen atoms in total. The van der Waals surface area contributed by atoms with Gasteiger partial charge in [-0.2, -0.15) is 12.6 Å².